The Kier molecular flexibility index (Phi) is 5.27. The molecule has 3 heteroatoms. The Balaban J connectivity index is 2.45. The van der Waals surface area contributed by atoms with Gasteiger partial charge in [-0.25, -0.2) is 4.79 Å². The second kappa shape index (κ2) is 6.74. The summed E-state index contributed by atoms with van der Waals surface area (Å²) in [5.74, 6) is 0. The Morgan fingerprint density at radius 2 is 2.12 bits per heavy atom. The number of benzene rings is 1. The molecule has 0 fully saturated rings. The minimum Gasteiger partial charge on any atom is -0.335 e. The van der Waals surface area contributed by atoms with Gasteiger partial charge in [-0.1, -0.05) is 31.2 Å². The van der Waals surface area contributed by atoms with E-state index < -0.39 is 0 Å². The summed E-state index contributed by atoms with van der Waals surface area (Å²) in [6, 6.07) is 8.06. The van der Waals surface area contributed by atoms with Crippen LogP contribution in [0.5, 0.6) is 0 Å². The number of hydrogen-bond acceptors (Lipinski definition) is 1. The van der Waals surface area contributed by atoms with Gasteiger partial charge in [-0.2, -0.15) is 0 Å². The Labute approximate surface area is 103 Å². The number of carbonyl (C=O) groups is 1. The van der Waals surface area contributed by atoms with Crippen LogP contribution >= 0.6 is 0 Å². The fourth-order valence-corrected chi connectivity index (χ4v) is 1.35. The molecule has 0 aliphatic rings. The first-order valence-corrected chi connectivity index (χ1v) is 5.92. The van der Waals surface area contributed by atoms with Gasteiger partial charge >= 0.3 is 6.03 Å². The number of rotatable bonds is 4. The molecule has 0 aliphatic carbocycles. The first-order chi connectivity index (χ1) is 8.13. The SMILES string of the molecule is CCC(C)NC(=O)N/C=C/c1ccccc1C. The normalized spacial score (nSPS) is 12.4. The number of hydrogen-bond donors (Lipinski definition) is 2. The van der Waals surface area contributed by atoms with Gasteiger partial charge in [0.1, 0.15) is 0 Å². The molecule has 0 bridgehead atoms. The van der Waals surface area contributed by atoms with Gasteiger partial charge < -0.3 is 10.6 Å². The summed E-state index contributed by atoms with van der Waals surface area (Å²) < 4.78 is 0. The second-order valence-electron chi connectivity index (χ2n) is 4.12. The lowest BCUT2D eigenvalue weighted by Crippen LogP contribution is -2.38. The van der Waals surface area contributed by atoms with Gasteiger partial charge in [0.25, 0.3) is 0 Å². The molecule has 17 heavy (non-hydrogen) atoms. The van der Waals surface area contributed by atoms with Crippen molar-refractivity contribution >= 4 is 12.1 Å². The number of carbonyl (C=O) groups excluding carboxylic acids is 1. The molecule has 0 radical (unpaired) electrons. The lowest BCUT2D eigenvalue weighted by Gasteiger charge is -2.10. The number of urea groups is 1. The molecule has 1 rings (SSSR count). The van der Waals surface area contributed by atoms with Crippen LogP contribution in [-0.4, -0.2) is 12.1 Å². The average Bonchev–Trinajstić information content (AvgIpc) is 2.31. The monoisotopic (exact) mass is 232 g/mol. The van der Waals surface area contributed by atoms with Crippen LogP contribution in [0.2, 0.25) is 0 Å². The maximum atomic E-state index is 11.4. The van der Waals surface area contributed by atoms with Crippen molar-refractivity contribution in [3.05, 3.63) is 41.6 Å². The molecular weight excluding hydrogens is 212 g/mol. The van der Waals surface area contributed by atoms with Crippen LogP contribution in [0.4, 0.5) is 4.79 Å². The van der Waals surface area contributed by atoms with Gasteiger partial charge in [-0.3, -0.25) is 0 Å². The maximum absolute atomic E-state index is 11.4. The van der Waals surface area contributed by atoms with Crippen LogP contribution in [0, 0.1) is 6.92 Å². The zero-order valence-electron chi connectivity index (χ0n) is 10.7. The van der Waals surface area contributed by atoms with Crippen LogP contribution in [0.1, 0.15) is 31.4 Å². The molecule has 1 aromatic carbocycles. The lowest BCUT2D eigenvalue weighted by molar-refractivity contribution is 0.241. The van der Waals surface area contributed by atoms with E-state index in [1.807, 2.05) is 51.1 Å². The van der Waals surface area contributed by atoms with E-state index in [0.29, 0.717) is 0 Å². The minimum atomic E-state index is -0.163. The van der Waals surface area contributed by atoms with Crippen molar-refractivity contribution in [2.24, 2.45) is 0 Å². The summed E-state index contributed by atoms with van der Waals surface area (Å²) in [6.07, 6.45) is 4.49. The fourth-order valence-electron chi connectivity index (χ4n) is 1.35. The van der Waals surface area contributed by atoms with E-state index in [4.69, 9.17) is 0 Å². The summed E-state index contributed by atoms with van der Waals surface area (Å²) in [7, 11) is 0. The highest BCUT2D eigenvalue weighted by Crippen LogP contribution is 2.07. The third-order valence-corrected chi connectivity index (χ3v) is 2.66. The Hall–Kier alpha value is -1.77. The van der Waals surface area contributed by atoms with Gasteiger partial charge in [0, 0.05) is 12.2 Å². The molecule has 2 amide bonds. The molecule has 0 aliphatic heterocycles. The fraction of sp³-hybridized carbons (Fsp3) is 0.357. The number of amides is 2. The van der Waals surface area contributed by atoms with Gasteiger partial charge in [0.2, 0.25) is 0 Å². The Morgan fingerprint density at radius 1 is 1.41 bits per heavy atom. The summed E-state index contributed by atoms with van der Waals surface area (Å²) >= 11 is 0. The van der Waals surface area contributed by atoms with Crippen LogP contribution in [0.25, 0.3) is 6.08 Å². The molecule has 1 atom stereocenters. The molecule has 92 valence electrons. The van der Waals surface area contributed by atoms with E-state index in [2.05, 4.69) is 10.6 Å². The Bertz CT molecular complexity index is 399. The van der Waals surface area contributed by atoms with Crippen molar-refractivity contribution in [2.75, 3.05) is 0 Å². The predicted molar refractivity (Wildman–Crippen MR) is 71.6 cm³/mol. The van der Waals surface area contributed by atoms with Gasteiger partial charge in [0.05, 0.1) is 0 Å². The van der Waals surface area contributed by atoms with Crippen molar-refractivity contribution in [1.82, 2.24) is 10.6 Å². The second-order valence-corrected chi connectivity index (χ2v) is 4.12. The number of nitrogens with one attached hydrogen (secondary N) is 2. The molecule has 0 heterocycles. The van der Waals surface area contributed by atoms with E-state index >= 15 is 0 Å². The smallest absolute Gasteiger partial charge is 0.318 e. The quantitative estimate of drug-likeness (QED) is 0.823. The lowest BCUT2D eigenvalue weighted by atomic mass is 10.1. The van der Waals surface area contributed by atoms with E-state index in [-0.39, 0.29) is 12.1 Å². The highest BCUT2D eigenvalue weighted by molar-refractivity contribution is 5.76. The molecule has 1 aromatic rings. The molecule has 0 saturated carbocycles. The molecular formula is C14H20N2O. The standard InChI is InChI=1S/C14H20N2O/c1-4-12(3)16-14(17)15-10-9-13-8-6-5-7-11(13)2/h5-10,12H,4H2,1-3H3,(H2,15,16,17)/b10-9+. The van der Waals surface area contributed by atoms with E-state index in [0.717, 1.165) is 12.0 Å². The van der Waals surface area contributed by atoms with Crippen molar-refractivity contribution < 1.29 is 4.79 Å². The van der Waals surface area contributed by atoms with Crippen molar-refractivity contribution in [2.45, 2.75) is 33.2 Å². The molecule has 1 unspecified atom stereocenters. The van der Waals surface area contributed by atoms with Crippen molar-refractivity contribution in [3.63, 3.8) is 0 Å². The van der Waals surface area contributed by atoms with E-state index in [1.165, 1.54) is 5.56 Å². The largest absolute Gasteiger partial charge is 0.335 e. The third kappa shape index (κ3) is 4.72. The zero-order chi connectivity index (χ0) is 12.7. The molecule has 0 spiro atoms. The summed E-state index contributed by atoms with van der Waals surface area (Å²) in [6.45, 7) is 6.05. The first-order valence-electron chi connectivity index (χ1n) is 5.92. The first kappa shape index (κ1) is 13.3. The molecule has 0 saturated heterocycles. The highest BCUT2D eigenvalue weighted by Gasteiger charge is 2.01. The summed E-state index contributed by atoms with van der Waals surface area (Å²) in [5, 5.41) is 5.52. The van der Waals surface area contributed by atoms with Gasteiger partial charge in [0.15, 0.2) is 0 Å². The molecule has 3 nitrogen and oxygen atoms in total. The van der Waals surface area contributed by atoms with E-state index in [9.17, 15) is 4.79 Å². The van der Waals surface area contributed by atoms with Crippen LogP contribution in [0.3, 0.4) is 0 Å². The maximum Gasteiger partial charge on any atom is 0.318 e. The highest BCUT2D eigenvalue weighted by atomic mass is 16.2. The van der Waals surface area contributed by atoms with Gasteiger partial charge in [-0.15, -0.1) is 0 Å². The third-order valence-electron chi connectivity index (χ3n) is 2.66. The topological polar surface area (TPSA) is 41.1 Å². The van der Waals surface area contributed by atoms with Crippen molar-refractivity contribution in [3.8, 4) is 0 Å². The average molecular weight is 232 g/mol. The Morgan fingerprint density at radius 3 is 2.76 bits per heavy atom. The predicted octanol–water partition coefficient (Wildman–Crippen LogP) is 3.06. The summed E-state index contributed by atoms with van der Waals surface area (Å²) in [5.41, 5.74) is 2.30. The van der Waals surface area contributed by atoms with E-state index in [1.54, 1.807) is 6.20 Å². The molecule has 2 N–H and O–H groups in total. The molecule has 0 aromatic heterocycles. The zero-order valence-corrected chi connectivity index (χ0v) is 10.7. The van der Waals surface area contributed by atoms with Crippen LogP contribution in [-0.2, 0) is 0 Å². The van der Waals surface area contributed by atoms with Gasteiger partial charge in [-0.05, 0) is 37.5 Å². The minimum absolute atomic E-state index is 0.163. The number of aryl methyl sites for hydroxylation is 1. The summed E-state index contributed by atoms with van der Waals surface area (Å²) in [4.78, 5) is 11.4. The van der Waals surface area contributed by atoms with Crippen LogP contribution < -0.4 is 10.6 Å². The van der Waals surface area contributed by atoms with Crippen LogP contribution in [0.15, 0.2) is 30.5 Å². The van der Waals surface area contributed by atoms with Crippen molar-refractivity contribution in [1.29, 1.82) is 0 Å².